The maximum atomic E-state index is 12.3. The van der Waals surface area contributed by atoms with Crippen LogP contribution in [-0.2, 0) is 4.79 Å². The van der Waals surface area contributed by atoms with Gasteiger partial charge in [0.15, 0.2) is 0 Å². The summed E-state index contributed by atoms with van der Waals surface area (Å²) in [6.45, 7) is 3.46. The lowest BCUT2D eigenvalue weighted by Crippen LogP contribution is -2.43. The van der Waals surface area contributed by atoms with E-state index in [1.54, 1.807) is 26.0 Å². The Morgan fingerprint density at radius 3 is 2.33 bits per heavy atom. The molecule has 6 heteroatoms. The molecule has 18 heavy (non-hydrogen) atoms. The van der Waals surface area contributed by atoms with Gasteiger partial charge in [-0.05, 0) is 32.0 Å². The molecule has 0 aliphatic carbocycles. The second-order valence-electron chi connectivity index (χ2n) is 4.34. The van der Waals surface area contributed by atoms with Gasteiger partial charge in [0.2, 0.25) is 5.91 Å². The summed E-state index contributed by atoms with van der Waals surface area (Å²) in [6.07, 6.45) is 0. The molecular weight excluding hydrogens is 232 g/mol. The number of amides is 2. The number of hydrogen-bond donors (Lipinski definition) is 3. The van der Waals surface area contributed by atoms with Crippen LogP contribution < -0.4 is 17.2 Å². The summed E-state index contributed by atoms with van der Waals surface area (Å²) in [6, 6.07) is 4.49. The van der Waals surface area contributed by atoms with Crippen molar-refractivity contribution in [1.29, 1.82) is 0 Å². The third-order valence-corrected chi connectivity index (χ3v) is 2.52. The van der Waals surface area contributed by atoms with Gasteiger partial charge < -0.3 is 22.1 Å². The van der Waals surface area contributed by atoms with E-state index < -0.39 is 5.91 Å². The molecule has 0 aliphatic heterocycles. The van der Waals surface area contributed by atoms with Gasteiger partial charge in [-0.1, -0.05) is 0 Å². The Morgan fingerprint density at radius 2 is 1.89 bits per heavy atom. The lowest BCUT2D eigenvalue weighted by molar-refractivity contribution is -0.119. The van der Waals surface area contributed by atoms with E-state index >= 15 is 0 Å². The van der Waals surface area contributed by atoms with Crippen molar-refractivity contribution < 1.29 is 9.59 Å². The van der Waals surface area contributed by atoms with Gasteiger partial charge in [-0.25, -0.2) is 0 Å². The van der Waals surface area contributed by atoms with Gasteiger partial charge in [-0.3, -0.25) is 9.59 Å². The van der Waals surface area contributed by atoms with E-state index in [-0.39, 0.29) is 24.2 Å². The van der Waals surface area contributed by atoms with Gasteiger partial charge in [-0.15, -0.1) is 0 Å². The average Bonchev–Trinajstić information content (AvgIpc) is 2.24. The number of carbonyl (C=O) groups is 2. The zero-order chi connectivity index (χ0) is 13.9. The standard InChI is InChI=1S/C12H18N4O2/c1-7(2)16(6-11(15)17)12(18)9-4-3-8(13)5-10(9)14/h3-5,7H,6,13-14H2,1-2H3,(H2,15,17). The van der Waals surface area contributed by atoms with Crippen LogP contribution >= 0.6 is 0 Å². The number of carbonyl (C=O) groups excluding carboxylic acids is 2. The van der Waals surface area contributed by atoms with Crippen molar-refractivity contribution in [1.82, 2.24) is 4.90 Å². The highest BCUT2D eigenvalue weighted by molar-refractivity contribution is 6.01. The molecule has 6 N–H and O–H groups in total. The highest BCUT2D eigenvalue weighted by Gasteiger charge is 2.22. The third kappa shape index (κ3) is 3.13. The highest BCUT2D eigenvalue weighted by atomic mass is 16.2. The number of primary amides is 1. The minimum Gasteiger partial charge on any atom is -0.399 e. The predicted molar refractivity (Wildman–Crippen MR) is 70.6 cm³/mol. The van der Waals surface area contributed by atoms with Gasteiger partial charge in [0.25, 0.3) is 5.91 Å². The van der Waals surface area contributed by atoms with Crippen molar-refractivity contribution in [2.24, 2.45) is 5.73 Å². The van der Waals surface area contributed by atoms with Crippen LogP contribution in [0.25, 0.3) is 0 Å². The summed E-state index contributed by atoms with van der Waals surface area (Å²) in [5, 5.41) is 0. The molecule has 1 rings (SSSR count). The maximum absolute atomic E-state index is 12.3. The molecule has 98 valence electrons. The maximum Gasteiger partial charge on any atom is 0.256 e. The predicted octanol–water partition coefficient (Wildman–Crippen LogP) is 0.187. The number of benzene rings is 1. The monoisotopic (exact) mass is 250 g/mol. The molecule has 0 heterocycles. The highest BCUT2D eigenvalue weighted by Crippen LogP contribution is 2.18. The van der Waals surface area contributed by atoms with Crippen molar-refractivity contribution in [3.63, 3.8) is 0 Å². The SMILES string of the molecule is CC(C)N(CC(N)=O)C(=O)c1ccc(N)cc1N. The first-order valence-electron chi connectivity index (χ1n) is 5.57. The first-order valence-corrected chi connectivity index (χ1v) is 5.57. The van der Waals surface area contributed by atoms with Gasteiger partial charge >= 0.3 is 0 Å². The summed E-state index contributed by atoms with van der Waals surface area (Å²) in [7, 11) is 0. The van der Waals surface area contributed by atoms with E-state index in [1.807, 2.05) is 0 Å². The molecule has 2 amide bonds. The second-order valence-corrected chi connectivity index (χ2v) is 4.34. The quantitative estimate of drug-likeness (QED) is 0.661. The molecule has 0 aromatic heterocycles. The average molecular weight is 250 g/mol. The first-order chi connectivity index (χ1) is 8.32. The van der Waals surface area contributed by atoms with E-state index in [0.717, 1.165) is 0 Å². The van der Waals surface area contributed by atoms with Crippen LogP contribution in [0.15, 0.2) is 18.2 Å². The summed E-state index contributed by atoms with van der Waals surface area (Å²) in [5.74, 6) is -0.896. The largest absolute Gasteiger partial charge is 0.399 e. The Hall–Kier alpha value is -2.24. The minimum atomic E-state index is -0.564. The lowest BCUT2D eigenvalue weighted by atomic mass is 10.1. The van der Waals surface area contributed by atoms with E-state index in [1.165, 1.54) is 11.0 Å². The van der Waals surface area contributed by atoms with E-state index in [0.29, 0.717) is 11.3 Å². The summed E-state index contributed by atoms with van der Waals surface area (Å²) < 4.78 is 0. The van der Waals surface area contributed by atoms with Gasteiger partial charge in [0.05, 0.1) is 12.1 Å². The molecule has 0 radical (unpaired) electrons. The zero-order valence-corrected chi connectivity index (χ0v) is 10.5. The van der Waals surface area contributed by atoms with Crippen LogP contribution in [0.3, 0.4) is 0 Å². The van der Waals surface area contributed by atoms with Gasteiger partial charge in [0.1, 0.15) is 0 Å². The molecule has 0 unspecified atom stereocenters. The number of anilines is 2. The number of rotatable bonds is 4. The van der Waals surface area contributed by atoms with Crippen LogP contribution in [0.4, 0.5) is 11.4 Å². The summed E-state index contributed by atoms with van der Waals surface area (Å²) >= 11 is 0. The molecule has 1 aromatic rings. The molecule has 0 fully saturated rings. The number of hydrogen-bond acceptors (Lipinski definition) is 4. The Labute approximate surface area is 106 Å². The molecule has 6 nitrogen and oxygen atoms in total. The van der Waals surface area contributed by atoms with Crippen LogP contribution in [0.5, 0.6) is 0 Å². The van der Waals surface area contributed by atoms with Crippen molar-refractivity contribution in [2.45, 2.75) is 19.9 Å². The van der Waals surface area contributed by atoms with Gasteiger partial charge in [0, 0.05) is 17.4 Å². The smallest absolute Gasteiger partial charge is 0.256 e. The molecule has 0 saturated heterocycles. The van der Waals surface area contributed by atoms with E-state index in [4.69, 9.17) is 17.2 Å². The van der Waals surface area contributed by atoms with Crippen LogP contribution in [0.2, 0.25) is 0 Å². The second kappa shape index (κ2) is 5.39. The normalized spacial score (nSPS) is 10.4. The molecule has 0 bridgehead atoms. The fourth-order valence-electron chi connectivity index (χ4n) is 1.59. The minimum absolute atomic E-state index is 0.139. The molecule has 0 spiro atoms. The van der Waals surface area contributed by atoms with Crippen molar-refractivity contribution in [2.75, 3.05) is 18.0 Å². The summed E-state index contributed by atoms with van der Waals surface area (Å²) in [5.41, 5.74) is 17.5. The first kappa shape index (κ1) is 13.8. The Balaban J connectivity index is 3.05. The number of nitrogen functional groups attached to an aromatic ring is 2. The van der Waals surface area contributed by atoms with Crippen molar-refractivity contribution >= 4 is 23.2 Å². The third-order valence-electron chi connectivity index (χ3n) is 2.52. The molecule has 0 saturated carbocycles. The molecular formula is C12H18N4O2. The van der Waals surface area contributed by atoms with Crippen molar-refractivity contribution in [3.8, 4) is 0 Å². The fraction of sp³-hybridized carbons (Fsp3) is 0.333. The van der Waals surface area contributed by atoms with E-state index in [9.17, 15) is 9.59 Å². The zero-order valence-electron chi connectivity index (χ0n) is 10.5. The topological polar surface area (TPSA) is 115 Å². The Morgan fingerprint density at radius 1 is 1.28 bits per heavy atom. The number of nitrogens with zero attached hydrogens (tertiary/aromatic N) is 1. The van der Waals surface area contributed by atoms with Crippen molar-refractivity contribution in [3.05, 3.63) is 23.8 Å². The van der Waals surface area contributed by atoms with Crippen LogP contribution in [0, 0.1) is 0 Å². The van der Waals surface area contributed by atoms with Gasteiger partial charge in [-0.2, -0.15) is 0 Å². The van der Waals surface area contributed by atoms with E-state index in [2.05, 4.69) is 0 Å². The molecule has 1 aromatic carbocycles. The van der Waals surface area contributed by atoms with Crippen LogP contribution in [-0.4, -0.2) is 29.3 Å². The summed E-state index contributed by atoms with van der Waals surface area (Å²) in [4.78, 5) is 24.6. The van der Waals surface area contributed by atoms with Crippen LogP contribution in [0.1, 0.15) is 24.2 Å². The molecule has 0 atom stereocenters. The lowest BCUT2D eigenvalue weighted by Gasteiger charge is -2.26. The molecule has 0 aliphatic rings. The Bertz CT molecular complexity index is 471. The fourth-order valence-corrected chi connectivity index (χ4v) is 1.59. The Kier molecular flexibility index (Phi) is 4.14. The number of nitrogens with two attached hydrogens (primary N) is 3.